The quantitative estimate of drug-likeness (QED) is 0.656. The molecule has 1 amide bonds. The van der Waals surface area contributed by atoms with E-state index >= 15 is 0 Å². The third kappa shape index (κ3) is 4.21. The highest BCUT2D eigenvalue weighted by Gasteiger charge is 2.07. The van der Waals surface area contributed by atoms with Crippen LogP contribution in [0.15, 0.2) is 42.5 Å². The maximum atomic E-state index is 13.2. The lowest BCUT2D eigenvalue weighted by atomic mass is 10.1. The molecule has 2 aromatic carbocycles. The van der Waals surface area contributed by atoms with E-state index in [1.54, 1.807) is 25.1 Å². The van der Waals surface area contributed by atoms with Crippen molar-refractivity contribution in [3.63, 3.8) is 0 Å². The van der Waals surface area contributed by atoms with Crippen LogP contribution in [0.5, 0.6) is 5.75 Å². The molecule has 0 unspecified atom stereocenters. The van der Waals surface area contributed by atoms with Gasteiger partial charge >= 0.3 is 0 Å². The number of carbonyl (C=O) groups is 1. The molecule has 2 rings (SSSR count). The SMILES string of the molecule is Cc1cc(F)cc(C(=O)NCCOc2ccccc2N)c1. The molecule has 0 aliphatic rings. The van der Waals surface area contributed by atoms with Crippen molar-refractivity contribution in [3.8, 4) is 5.75 Å². The van der Waals surface area contributed by atoms with E-state index in [-0.39, 0.29) is 12.5 Å². The summed E-state index contributed by atoms with van der Waals surface area (Å²) in [6, 6.07) is 11.3. The minimum atomic E-state index is -0.423. The third-order valence-corrected chi connectivity index (χ3v) is 2.87. The van der Waals surface area contributed by atoms with Crippen LogP contribution in [0, 0.1) is 12.7 Å². The van der Waals surface area contributed by atoms with Gasteiger partial charge in [-0.1, -0.05) is 12.1 Å². The molecule has 0 spiro atoms. The summed E-state index contributed by atoms with van der Waals surface area (Å²) in [6.45, 7) is 2.33. The lowest BCUT2D eigenvalue weighted by Gasteiger charge is -2.09. The fourth-order valence-electron chi connectivity index (χ4n) is 1.91. The zero-order chi connectivity index (χ0) is 15.2. The number of para-hydroxylation sites is 2. The Labute approximate surface area is 122 Å². The van der Waals surface area contributed by atoms with Crippen LogP contribution >= 0.6 is 0 Å². The number of hydrogen-bond donors (Lipinski definition) is 2. The Bertz CT molecular complexity index is 624. The zero-order valence-electron chi connectivity index (χ0n) is 11.7. The van der Waals surface area contributed by atoms with Crippen LogP contribution in [-0.2, 0) is 0 Å². The monoisotopic (exact) mass is 288 g/mol. The van der Waals surface area contributed by atoms with E-state index in [1.165, 1.54) is 12.1 Å². The standard InChI is InChI=1S/C16H17FN2O2/c1-11-8-12(10-13(17)9-11)16(20)19-6-7-21-15-5-3-2-4-14(15)18/h2-5,8-10H,6-7,18H2,1H3,(H,19,20). The van der Waals surface area contributed by atoms with Crippen LogP contribution < -0.4 is 15.8 Å². The Morgan fingerprint density at radius 1 is 1.29 bits per heavy atom. The fourth-order valence-corrected chi connectivity index (χ4v) is 1.91. The number of benzene rings is 2. The first-order chi connectivity index (χ1) is 10.1. The second-order valence-electron chi connectivity index (χ2n) is 4.66. The minimum absolute atomic E-state index is 0.286. The van der Waals surface area contributed by atoms with Crippen LogP contribution in [-0.4, -0.2) is 19.1 Å². The van der Waals surface area contributed by atoms with Crippen molar-refractivity contribution < 1.29 is 13.9 Å². The molecule has 0 fully saturated rings. The number of carbonyl (C=O) groups excluding carboxylic acids is 1. The number of nitrogen functional groups attached to an aromatic ring is 1. The Kier molecular flexibility index (Phi) is 4.77. The van der Waals surface area contributed by atoms with Gasteiger partial charge in [-0.25, -0.2) is 4.39 Å². The molecule has 3 N–H and O–H groups in total. The predicted octanol–water partition coefficient (Wildman–Crippen LogP) is 2.53. The van der Waals surface area contributed by atoms with E-state index in [1.807, 2.05) is 12.1 Å². The van der Waals surface area contributed by atoms with E-state index in [4.69, 9.17) is 10.5 Å². The van der Waals surface area contributed by atoms with Gasteiger partial charge in [-0.3, -0.25) is 4.79 Å². The summed E-state index contributed by atoms with van der Waals surface area (Å²) >= 11 is 0. The largest absolute Gasteiger partial charge is 0.490 e. The molecule has 0 radical (unpaired) electrons. The zero-order valence-corrected chi connectivity index (χ0v) is 11.7. The van der Waals surface area contributed by atoms with Crippen molar-refractivity contribution in [3.05, 3.63) is 59.4 Å². The number of nitrogens with two attached hydrogens (primary N) is 1. The van der Waals surface area contributed by atoms with Crippen molar-refractivity contribution >= 4 is 11.6 Å². The van der Waals surface area contributed by atoms with E-state index < -0.39 is 5.82 Å². The molecule has 2 aromatic rings. The van der Waals surface area contributed by atoms with Crippen molar-refractivity contribution in [2.45, 2.75) is 6.92 Å². The molecule has 0 saturated heterocycles. The predicted molar refractivity (Wildman–Crippen MR) is 79.8 cm³/mol. The van der Waals surface area contributed by atoms with Crippen molar-refractivity contribution in [1.82, 2.24) is 5.32 Å². The lowest BCUT2D eigenvalue weighted by molar-refractivity contribution is 0.0946. The molecular formula is C16H17FN2O2. The number of nitrogens with one attached hydrogen (secondary N) is 1. The van der Waals surface area contributed by atoms with Gasteiger partial charge < -0.3 is 15.8 Å². The summed E-state index contributed by atoms with van der Waals surface area (Å²) in [4.78, 5) is 11.9. The molecule has 0 atom stereocenters. The number of halogens is 1. The number of amides is 1. The van der Waals surface area contributed by atoms with Crippen LogP contribution in [0.3, 0.4) is 0 Å². The van der Waals surface area contributed by atoms with Crippen LogP contribution in [0.25, 0.3) is 0 Å². The summed E-state index contributed by atoms with van der Waals surface area (Å²) in [5, 5.41) is 2.67. The molecule has 4 nitrogen and oxygen atoms in total. The van der Waals surface area contributed by atoms with Gasteiger partial charge in [0, 0.05) is 5.56 Å². The average molecular weight is 288 g/mol. The maximum absolute atomic E-state index is 13.2. The van der Waals surface area contributed by atoms with E-state index in [9.17, 15) is 9.18 Å². The van der Waals surface area contributed by atoms with Crippen molar-refractivity contribution in [2.75, 3.05) is 18.9 Å². The highest BCUT2D eigenvalue weighted by molar-refractivity contribution is 5.94. The second kappa shape index (κ2) is 6.74. The van der Waals surface area contributed by atoms with Crippen LogP contribution in [0.2, 0.25) is 0 Å². The molecular weight excluding hydrogens is 271 g/mol. The lowest BCUT2D eigenvalue weighted by Crippen LogP contribution is -2.28. The van der Waals surface area contributed by atoms with Crippen LogP contribution in [0.1, 0.15) is 15.9 Å². The minimum Gasteiger partial charge on any atom is -0.490 e. The average Bonchev–Trinajstić information content (AvgIpc) is 2.44. The number of rotatable bonds is 5. The Morgan fingerprint density at radius 2 is 2.05 bits per heavy atom. The highest BCUT2D eigenvalue weighted by atomic mass is 19.1. The van der Waals surface area contributed by atoms with Gasteiger partial charge in [0.05, 0.1) is 12.2 Å². The molecule has 0 aliphatic heterocycles. The number of anilines is 1. The van der Waals surface area contributed by atoms with Gasteiger partial charge in [-0.05, 0) is 42.8 Å². The summed E-state index contributed by atoms with van der Waals surface area (Å²) < 4.78 is 18.7. The summed E-state index contributed by atoms with van der Waals surface area (Å²) in [7, 11) is 0. The summed E-state index contributed by atoms with van der Waals surface area (Å²) in [5.74, 6) is -0.177. The van der Waals surface area contributed by atoms with E-state index in [2.05, 4.69) is 5.32 Å². The topological polar surface area (TPSA) is 64.3 Å². The van der Waals surface area contributed by atoms with Gasteiger partial charge in [-0.2, -0.15) is 0 Å². The molecule has 110 valence electrons. The van der Waals surface area contributed by atoms with Gasteiger partial charge in [-0.15, -0.1) is 0 Å². The smallest absolute Gasteiger partial charge is 0.251 e. The Hall–Kier alpha value is -2.56. The molecule has 0 aliphatic carbocycles. The molecule has 0 saturated carbocycles. The highest BCUT2D eigenvalue weighted by Crippen LogP contribution is 2.19. The van der Waals surface area contributed by atoms with Gasteiger partial charge in [0.2, 0.25) is 0 Å². The number of ether oxygens (including phenoxy) is 1. The van der Waals surface area contributed by atoms with E-state index in [0.29, 0.717) is 29.1 Å². The van der Waals surface area contributed by atoms with Crippen molar-refractivity contribution in [1.29, 1.82) is 0 Å². The first kappa shape index (κ1) is 14.8. The number of hydrogen-bond acceptors (Lipinski definition) is 3. The van der Waals surface area contributed by atoms with Gasteiger partial charge in [0.1, 0.15) is 18.2 Å². The number of aryl methyl sites for hydroxylation is 1. The molecule has 0 bridgehead atoms. The fraction of sp³-hybridized carbons (Fsp3) is 0.188. The molecule has 0 aromatic heterocycles. The molecule has 21 heavy (non-hydrogen) atoms. The van der Waals surface area contributed by atoms with E-state index in [0.717, 1.165) is 0 Å². The first-order valence-electron chi connectivity index (χ1n) is 6.59. The van der Waals surface area contributed by atoms with Gasteiger partial charge in [0.15, 0.2) is 0 Å². The third-order valence-electron chi connectivity index (χ3n) is 2.87. The summed E-state index contributed by atoms with van der Waals surface area (Å²) in [5.41, 5.74) is 7.28. The molecule has 0 heterocycles. The maximum Gasteiger partial charge on any atom is 0.251 e. The van der Waals surface area contributed by atoms with Crippen molar-refractivity contribution in [2.24, 2.45) is 0 Å². The van der Waals surface area contributed by atoms with Crippen LogP contribution in [0.4, 0.5) is 10.1 Å². The normalized spacial score (nSPS) is 10.2. The molecule has 5 heteroatoms. The Balaban J connectivity index is 1.83. The second-order valence-corrected chi connectivity index (χ2v) is 4.66. The van der Waals surface area contributed by atoms with Gasteiger partial charge in [0.25, 0.3) is 5.91 Å². The Morgan fingerprint density at radius 3 is 2.76 bits per heavy atom. The first-order valence-corrected chi connectivity index (χ1v) is 6.59. The summed E-state index contributed by atoms with van der Waals surface area (Å²) in [6.07, 6.45) is 0.